The van der Waals surface area contributed by atoms with E-state index in [1.165, 1.54) is 20.5 Å². The number of amides is 1. The number of aryl methyl sites for hydroxylation is 2. The fraction of sp³-hybridized carbons (Fsp3) is 0.281. The molecule has 9 heteroatoms. The van der Waals surface area contributed by atoms with Crippen LogP contribution in [0.25, 0.3) is 11.8 Å². The van der Waals surface area contributed by atoms with Gasteiger partial charge in [-0.2, -0.15) is 0 Å². The van der Waals surface area contributed by atoms with Crippen molar-refractivity contribution in [3.63, 3.8) is 0 Å². The van der Waals surface area contributed by atoms with Crippen LogP contribution in [-0.2, 0) is 4.79 Å². The normalized spacial score (nSPS) is 15.2. The fourth-order valence-electron chi connectivity index (χ4n) is 5.43. The first-order valence-electron chi connectivity index (χ1n) is 13.6. The van der Waals surface area contributed by atoms with Gasteiger partial charge in [0, 0.05) is 38.8 Å². The molecule has 41 heavy (non-hydrogen) atoms. The number of aromatic nitrogens is 2. The van der Waals surface area contributed by atoms with E-state index in [1.54, 1.807) is 21.6 Å². The van der Waals surface area contributed by atoms with Crippen LogP contribution in [0.2, 0.25) is 5.02 Å². The topological polar surface area (TPSA) is 59.6 Å². The molecule has 6 nitrogen and oxygen atoms in total. The van der Waals surface area contributed by atoms with Crippen LogP contribution in [0.1, 0.15) is 54.9 Å². The molecule has 1 aliphatic rings. The fourth-order valence-corrected chi connectivity index (χ4v) is 7.09. The summed E-state index contributed by atoms with van der Waals surface area (Å²) in [5.41, 5.74) is 7.24. The number of likely N-dealkylation sites (N-methyl/N-ethyl adjacent to an activating group) is 1. The zero-order valence-corrected chi connectivity index (χ0v) is 27.7. The first kappa shape index (κ1) is 29.5. The number of halogens is 2. The zero-order valence-electron chi connectivity index (χ0n) is 24.0. The highest BCUT2D eigenvalue weighted by molar-refractivity contribution is 14.1. The highest BCUT2D eigenvalue weighted by Gasteiger charge is 2.34. The maximum absolute atomic E-state index is 14.1. The molecule has 212 valence electrons. The first-order valence-corrected chi connectivity index (χ1v) is 15.9. The number of fused-ring (bicyclic) bond motifs is 1. The molecule has 0 unspecified atom stereocenters. The van der Waals surface area contributed by atoms with Crippen LogP contribution in [0.4, 0.5) is 0 Å². The van der Waals surface area contributed by atoms with Gasteiger partial charge in [0.05, 0.1) is 21.8 Å². The van der Waals surface area contributed by atoms with Gasteiger partial charge in [0.25, 0.3) is 11.5 Å². The molecule has 5 rings (SSSR count). The van der Waals surface area contributed by atoms with Crippen molar-refractivity contribution in [2.24, 2.45) is 4.99 Å². The summed E-state index contributed by atoms with van der Waals surface area (Å²) in [6.45, 7) is 13.2. The quantitative estimate of drug-likeness (QED) is 0.230. The molecular weight excluding hydrogens is 667 g/mol. The SMILES string of the molecule is CCN(CC)C(=O)C1=C(C)N=c2s/c(=C/c3cc(C)n(-c4ccc(C)c(I)c4)c3C)c(=O)n2[C@@H]1c1ccc(Cl)cc1. The highest BCUT2D eigenvalue weighted by atomic mass is 127. The average molecular weight is 699 g/mol. The molecule has 0 bridgehead atoms. The van der Waals surface area contributed by atoms with Crippen molar-refractivity contribution < 1.29 is 4.79 Å². The van der Waals surface area contributed by atoms with Crippen LogP contribution >= 0.6 is 45.5 Å². The molecule has 4 aromatic rings. The summed E-state index contributed by atoms with van der Waals surface area (Å²) in [6.07, 6.45) is 1.95. The molecule has 0 aliphatic carbocycles. The van der Waals surface area contributed by atoms with Gasteiger partial charge in [0.15, 0.2) is 4.80 Å². The Morgan fingerprint density at radius 1 is 1.07 bits per heavy atom. The molecule has 2 aromatic heterocycles. The second kappa shape index (κ2) is 11.7. The number of hydrogen-bond acceptors (Lipinski definition) is 4. The molecule has 0 saturated carbocycles. The lowest BCUT2D eigenvalue weighted by Gasteiger charge is -2.29. The first-order chi connectivity index (χ1) is 19.5. The van der Waals surface area contributed by atoms with Crippen molar-refractivity contribution in [1.82, 2.24) is 14.0 Å². The number of nitrogens with zero attached hydrogens (tertiary/aromatic N) is 4. The summed E-state index contributed by atoms with van der Waals surface area (Å²) in [6, 6.07) is 15.3. The second-order valence-corrected chi connectivity index (χ2v) is 12.8. The molecule has 3 heterocycles. The minimum Gasteiger partial charge on any atom is -0.339 e. The predicted octanol–water partition coefficient (Wildman–Crippen LogP) is 6.08. The largest absolute Gasteiger partial charge is 0.339 e. The van der Waals surface area contributed by atoms with Crippen molar-refractivity contribution in [3.05, 3.63) is 116 Å². The van der Waals surface area contributed by atoms with E-state index in [0.717, 1.165) is 28.2 Å². The third-order valence-electron chi connectivity index (χ3n) is 7.66. The van der Waals surface area contributed by atoms with E-state index in [4.69, 9.17) is 16.6 Å². The van der Waals surface area contributed by atoms with E-state index < -0.39 is 6.04 Å². The van der Waals surface area contributed by atoms with Crippen molar-refractivity contribution in [1.29, 1.82) is 0 Å². The van der Waals surface area contributed by atoms with E-state index in [0.29, 0.717) is 38.7 Å². The Morgan fingerprint density at radius 3 is 2.39 bits per heavy atom. The molecule has 1 atom stereocenters. The monoisotopic (exact) mass is 698 g/mol. The second-order valence-electron chi connectivity index (χ2n) is 10.2. The Bertz CT molecular complexity index is 1880. The number of rotatable bonds is 6. The van der Waals surface area contributed by atoms with Crippen LogP contribution in [0.15, 0.2) is 69.6 Å². The Hall–Kier alpha value is -2.95. The number of hydrogen-bond donors (Lipinski definition) is 0. The molecule has 0 saturated heterocycles. The summed E-state index contributed by atoms with van der Waals surface area (Å²) < 4.78 is 5.66. The van der Waals surface area contributed by atoms with Gasteiger partial charge in [0.2, 0.25) is 0 Å². The Balaban J connectivity index is 1.69. The van der Waals surface area contributed by atoms with Crippen molar-refractivity contribution >= 4 is 57.5 Å². The van der Waals surface area contributed by atoms with Gasteiger partial charge < -0.3 is 9.47 Å². The molecule has 0 N–H and O–H groups in total. The van der Waals surface area contributed by atoms with Gasteiger partial charge in [-0.25, -0.2) is 4.99 Å². The van der Waals surface area contributed by atoms with Gasteiger partial charge in [-0.15, -0.1) is 0 Å². The summed E-state index contributed by atoms with van der Waals surface area (Å²) >= 11 is 9.93. The lowest BCUT2D eigenvalue weighted by atomic mass is 9.94. The molecule has 2 aromatic carbocycles. The van der Waals surface area contributed by atoms with Crippen molar-refractivity contribution in [2.45, 2.75) is 47.6 Å². The van der Waals surface area contributed by atoms with Gasteiger partial charge in [-0.05, 0) is 117 Å². The standard InChI is InChI=1S/C32H32ClIN4O2S/c1-7-36(8-2)31(40)28-20(5)35-32-38(29(28)22-10-12-24(33)13-11-22)30(39)27(41-32)16-23-15-19(4)37(21(23)6)25-14-9-18(3)26(34)17-25/h9-17,29H,7-8H2,1-6H3/b27-16+/t29-/m1/s1. The number of allylic oxidation sites excluding steroid dienone is 1. The highest BCUT2D eigenvalue weighted by Crippen LogP contribution is 2.32. The Morgan fingerprint density at radius 2 is 1.76 bits per heavy atom. The zero-order chi connectivity index (χ0) is 29.6. The number of carbonyl (C=O) groups is 1. The Kier molecular flexibility index (Phi) is 8.46. The molecule has 0 fully saturated rings. The number of benzene rings is 2. The minimum absolute atomic E-state index is 0.109. The lowest BCUT2D eigenvalue weighted by Crippen LogP contribution is -2.43. The van der Waals surface area contributed by atoms with Crippen LogP contribution in [0.5, 0.6) is 0 Å². The molecule has 1 amide bonds. The third kappa shape index (κ3) is 5.37. The summed E-state index contributed by atoms with van der Waals surface area (Å²) in [7, 11) is 0. The number of thiazole rings is 1. The van der Waals surface area contributed by atoms with Gasteiger partial charge in [0.1, 0.15) is 0 Å². The van der Waals surface area contributed by atoms with Crippen LogP contribution < -0.4 is 14.9 Å². The van der Waals surface area contributed by atoms with E-state index in [-0.39, 0.29) is 11.5 Å². The van der Waals surface area contributed by atoms with E-state index >= 15 is 0 Å². The van der Waals surface area contributed by atoms with Crippen LogP contribution in [0.3, 0.4) is 0 Å². The van der Waals surface area contributed by atoms with Gasteiger partial charge >= 0.3 is 0 Å². The average Bonchev–Trinajstić information content (AvgIpc) is 3.39. The minimum atomic E-state index is -0.596. The van der Waals surface area contributed by atoms with Crippen molar-refractivity contribution in [3.8, 4) is 5.69 Å². The molecule has 1 aliphatic heterocycles. The maximum Gasteiger partial charge on any atom is 0.271 e. The van der Waals surface area contributed by atoms with E-state index in [1.807, 2.05) is 39.0 Å². The summed E-state index contributed by atoms with van der Waals surface area (Å²) in [5.74, 6) is -0.109. The van der Waals surface area contributed by atoms with Crippen LogP contribution in [0, 0.1) is 24.3 Å². The van der Waals surface area contributed by atoms with E-state index in [2.05, 4.69) is 72.2 Å². The molecular formula is C32H32ClIN4O2S. The molecule has 0 spiro atoms. The number of carbonyl (C=O) groups excluding carboxylic acids is 1. The summed E-state index contributed by atoms with van der Waals surface area (Å²) in [4.78, 5) is 35.0. The van der Waals surface area contributed by atoms with Gasteiger partial charge in [-0.3, -0.25) is 14.2 Å². The predicted molar refractivity (Wildman–Crippen MR) is 176 cm³/mol. The van der Waals surface area contributed by atoms with Crippen LogP contribution in [-0.4, -0.2) is 33.0 Å². The Labute approximate surface area is 262 Å². The van der Waals surface area contributed by atoms with Gasteiger partial charge in [-0.1, -0.05) is 41.1 Å². The third-order valence-corrected chi connectivity index (χ3v) is 10.1. The maximum atomic E-state index is 14.1. The smallest absolute Gasteiger partial charge is 0.271 e. The van der Waals surface area contributed by atoms with Crippen molar-refractivity contribution in [2.75, 3.05) is 13.1 Å². The lowest BCUT2D eigenvalue weighted by molar-refractivity contribution is -0.127. The molecule has 0 radical (unpaired) electrons. The summed E-state index contributed by atoms with van der Waals surface area (Å²) in [5, 5.41) is 0.595. The van der Waals surface area contributed by atoms with E-state index in [9.17, 15) is 9.59 Å².